The maximum Gasteiger partial charge on any atom is 0.336 e. The first-order valence-electron chi connectivity index (χ1n) is 9.96. The van der Waals surface area contributed by atoms with E-state index in [1.807, 2.05) is 55.5 Å². The smallest absolute Gasteiger partial charge is 0.336 e. The van der Waals surface area contributed by atoms with E-state index >= 15 is 0 Å². The molecule has 1 amide bonds. The highest BCUT2D eigenvalue weighted by Gasteiger charge is 2.15. The summed E-state index contributed by atoms with van der Waals surface area (Å²) in [6.45, 7) is 3.49. The number of hydrazine groups is 1. The second-order valence-electron chi connectivity index (χ2n) is 7.30. The van der Waals surface area contributed by atoms with Crippen LogP contribution in [0.1, 0.15) is 12.5 Å². The minimum atomic E-state index is -0.746. The Morgan fingerprint density at radius 3 is 2.59 bits per heavy atom. The monoisotopic (exact) mass is 447 g/mol. The lowest BCUT2D eigenvalue weighted by Gasteiger charge is -2.17. The molecule has 1 heterocycles. The number of hydrogen-bond donors (Lipinski definition) is 3. The van der Waals surface area contributed by atoms with Crippen LogP contribution in [-0.4, -0.2) is 17.1 Å². The Morgan fingerprint density at radius 2 is 1.78 bits per heavy atom. The van der Waals surface area contributed by atoms with Crippen LogP contribution in [0.25, 0.3) is 21.7 Å². The van der Waals surface area contributed by atoms with Gasteiger partial charge in [-0.1, -0.05) is 30.3 Å². The van der Waals surface area contributed by atoms with Crippen LogP contribution in [0.4, 0.5) is 5.69 Å². The zero-order valence-electron chi connectivity index (χ0n) is 17.5. The number of aryl methyl sites for hydroxylation is 1. The van der Waals surface area contributed by atoms with Crippen molar-refractivity contribution in [3.05, 3.63) is 82.7 Å². The van der Waals surface area contributed by atoms with E-state index in [1.165, 1.54) is 6.07 Å². The molecular formula is C24H21N3O4S. The van der Waals surface area contributed by atoms with E-state index in [2.05, 4.69) is 16.2 Å². The Balaban J connectivity index is 1.33. The number of anilines is 1. The maximum absolute atomic E-state index is 12.4. The summed E-state index contributed by atoms with van der Waals surface area (Å²) in [7, 11) is 0. The fraction of sp³-hybridized carbons (Fsp3) is 0.125. The summed E-state index contributed by atoms with van der Waals surface area (Å²) < 4.78 is 11.0. The number of carbonyl (C=O) groups is 1. The van der Waals surface area contributed by atoms with Crippen LogP contribution < -0.4 is 26.5 Å². The number of nitrogens with one attached hydrogen (secondary N) is 3. The summed E-state index contributed by atoms with van der Waals surface area (Å²) in [4.78, 5) is 24.0. The molecule has 7 nitrogen and oxygen atoms in total. The predicted octanol–water partition coefficient (Wildman–Crippen LogP) is 4.04. The van der Waals surface area contributed by atoms with Crippen LogP contribution in [-0.2, 0) is 4.79 Å². The molecule has 1 atom stereocenters. The third-order valence-electron chi connectivity index (χ3n) is 4.91. The molecule has 4 aromatic rings. The Morgan fingerprint density at radius 1 is 1.00 bits per heavy atom. The Labute approximate surface area is 189 Å². The van der Waals surface area contributed by atoms with Crippen LogP contribution in [0.2, 0.25) is 0 Å². The van der Waals surface area contributed by atoms with Gasteiger partial charge < -0.3 is 14.5 Å². The average Bonchev–Trinajstić information content (AvgIpc) is 2.77. The quantitative estimate of drug-likeness (QED) is 0.247. The van der Waals surface area contributed by atoms with Crippen molar-refractivity contribution in [3.8, 4) is 5.75 Å². The molecule has 0 aliphatic rings. The van der Waals surface area contributed by atoms with Crippen molar-refractivity contribution in [2.75, 3.05) is 5.32 Å². The van der Waals surface area contributed by atoms with E-state index in [1.54, 1.807) is 19.1 Å². The van der Waals surface area contributed by atoms with E-state index < -0.39 is 11.7 Å². The van der Waals surface area contributed by atoms with Crippen molar-refractivity contribution in [3.63, 3.8) is 0 Å². The molecule has 3 aromatic carbocycles. The summed E-state index contributed by atoms with van der Waals surface area (Å²) >= 11 is 5.23. The number of rotatable bonds is 4. The molecule has 0 fully saturated rings. The first-order chi connectivity index (χ1) is 15.4. The van der Waals surface area contributed by atoms with Gasteiger partial charge >= 0.3 is 5.63 Å². The first-order valence-corrected chi connectivity index (χ1v) is 10.4. The minimum Gasteiger partial charge on any atom is -0.481 e. The van der Waals surface area contributed by atoms with Crippen molar-refractivity contribution in [1.29, 1.82) is 0 Å². The van der Waals surface area contributed by atoms with Crippen LogP contribution in [0.15, 0.2) is 75.9 Å². The molecule has 0 radical (unpaired) electrons. The molecule has 4 rings (SSSR count). The van der Waals surface area contributed by atoms with Gasteiger partial charge in [-0.05, 0) is 66.7 Å². The highest BCUT2D eigenvalue weighted by Crippen LogP contribution is 2.22. The number of fused-ring (bicyclic) bond motifs is 2. The molecule has 0 aliphatic heterocycles. The summed E-state index contributed by atoms with van der Waals surface area (Å²) in [5.41, 5.74) is 6.64. The standard InChI is InChI=1S/C24H21N3O4S/c1-14-11-22(28)31-21-13-18(8-10-20(14)21)25-24(32)27-26-23(29)15(2)30-19-9-7-16-5-3-4-6-17(16)12-19/h3-13,15H,1-2H3,(H,26,29)(H2,25,27,32). The summed E-state index contributed by atoms with van der Waals surface area (Å²) in [6.07, 6.45) is -0.746. The van der Waals surface area contributed by atoms with Gasteiger partial charge in [0.05, 0.1) is 0 Å². The molecule has 1 unspecified atom stereocenters. The molecule has 8 heteroatoms. The highest BCUT2D eigenvalue weighted by atomic mass is 32.1. The predicted molar refractivity (Wildman–Crippen MR) is 129 cm³/mol. The molecule has 0 spiro atoms. The summed E-state index contributed by atoms with van der Waals surface area (Å²) in [5.74, 6) is 0.211. The molecule has 32 heavy (non-hydrogen) atoms. The van der Waals surface area contributed by atoms with E-state index in [9.17, 15) is 9.59 Å². The minimum absolute atomic E-state index is 0.172. The van der Waals surface area contributed by atoms with Gasteiger partial charge in [-0.25, -0.2) is 4.79 Å². The lowest BCUT2D eigenvalue weighted by atomic mass is 10.1. The van der Waals surface area contributed by atoms with Gasteiger partial charge in [0.2, 0.25) is 0 Å². The third-order valence-corrected chi connectivity index (χ3v) is 5.12. The van der Waals surface area contributed by atoms with E-state index in [-0.39, 0.29) is 11.0 Å². The molecule has 1 aromatic heterocycles. The zero-order chi connectivity index (χ0) is 22.7. The molecule has 0 aliphatic carbocycles. The van der Waals surface area contributed by atoms with E-state index in [0.717, 1.165) is 21.7 Å². The maximum atomic E-state index is 12.4. The summed E-state index contributed by atoms with van der Waals surface area (Å²) in [5, 5.41) is 6.07. The Hall–Kier alpha value is -3.91. The van der Waals surface area contributed by atoms with Crippen molar-refractivity contribution < 1.29 is 13.9 Å². The van der Waals surface area contributed by atoms with Gasteiger partial charge in [0.25, 0.3) is 5.91 Å². The highest BCUT2D eigenvalue weighted by molar-refractivity contribution is 7.80. The van der Waals surface area contributed by atoms with Crippen molar-refractivity contribution in [1.82, 2.24) is 10.9 Å². The number of carbonyl (C=O) groups excluding carboxylic acids is 1. The largest absolute Gasteiger partial charge is 0.481 e. The van der Waals surface area contributed by atoms with Crippen LogP contribution in [0.3, 0.4) is 0 Å². The molecule has 0 saturated heterocycles. The SMILES string of the molecule is Cc1cc(=O)oc2cc(NC(=S)NNC(=O)C(C)Oc3ccc4ccccc4c3)ccc12. The number of amides is 1. The number of ether oxygens (including phenoxy) is 1. The Bertz CT molecular complexity index is 1380. The van der Waals surface area contributed by atoms with Crippen molar-refractivity contribution >= 4 is 50.7 Å². The summed E-state index contributed by atoms with van der Waals surface area (Å²) in [6, 6.07) is 20.3. The van der Waals surface area contributed by atoms with Crippen molar-refractivity contribution in [2.45, 2.75) is 20.0 Å². The van der Waals surface area contributed by atoms with Crippen LogP contribution in [0, 0.1) is 6.92 Å². The lowest BCUT2D eigenvalue weighted by molar-refractivity contribution is -0.127. The molecular weight excluding hydrogens is 426 g/mol. The van der Waals surface area contributed by atoms with E-state index in [4.69, 9.17) is 21.4 Å². The topological polar surface area (TPSA) is 92.6 Å². The second-order valence-corrected chi connectivity index (χ2v) is 7.71. The fourth-order valence-corrected chi connectivity index (χ4v) is 3.45. The van der Waals surface area contributed by atoms with Gasteiger partial charge in [0, 0.05) is 23.2 Å². The van der Waals surface area contributed by atoms with Gasteiger partial charge in [0.1, 0.15) is 11.3 Å². The number of benzene rings is 3. The third kappa shape index (κ3) is 4.87. The fourth-order valence-electron chi connectivity index (χ4n) is 3.28. The van der Waals surface area contributed by atoms with Crippen LogP contribution >= 0.6 is 12.2 Å². The van der Waals surface area contributed by atoms with Crippen molar-refractivity contribution in [2.24, 2.45) is 0 Å². The van der Waals surface area contributed by atoms with E-state index in [0.29, 0.717) is 17.0 Å². The molecule has 0 saturated carbocycles. The average molecular weight is 448 g/mol. The van der Waals surface area contributed by atoms with Gasteiger partial charge in [-0.2, -0.15) is 0 Å². The Kier molecular flexibility index (Phi) is 6.04. The number of thiocarbonyl (C=S) groups is 1. The van der Waals surface area contributed by atoms with Gasteiger partial charge in [-0.3, -0.25) is 15.6 Å². The normalized spacial score (nSPS) is 11.7. The molecule has 3 N–H and O–H groups in total. The molecule has 0 bridgehead atoms. The first kappa shape index (κ1) is 21.3. The van der Waals surface area contributed by atoms with Gasteiger partial charge in [0.15, 0.2) is 11.2 Å². The number of hydrogen-bond acceptors (Lipinski definition) is 5. The zero-order valence-corrected chi connectivity index (χ0v) is 18.3. The van der Waals surface area contributed by atoms with Crippen LogP contribution in [0.5, 0.6) is 5.75 Å². The lowest BCUT2D eigenvalue weighted by Crippen LogP contribution is -2.48. The molecule has 162 valence electrons. The van der Waals surface area contributed by atoms with Gasteiger partial charge in [-0.15, -0.1) is 0 Å². The second kappa shape index (κ2) is 9.07.